The van der Waals surface area contributed by atoms with Crippen molar-refractivity contribution < 1.29 is 13.9 Å². The van der Waals surface area contributed by atoms with Gasteiger partial charge < -0.3 is 5.11 Å². The zero-order valence-corrected chi connectivity index (χ0v) is 11.8. The summed E-state index contributed by atoms with van der Waals surface area (Å²) in [7, 11) is 0. The lowest BCUT2D eigenvalue weighted by molar-refractivity contribution is 0.282. The molecule has 110 valence electrons. The van der Waals surface area contributed by atoms with Gasteiger partial charge in [-0.2, -0.15) is 0 Å². The Labute approximate surface area is 127 Å². The van der Waals surface area contributed by atoms with Gasteiger partial charge in [0, 0.05) is 0 Å². The van der Waals surface area contributed by atoms with Crippen molar-refractivity contribution in [1.29, 1.82) is 0 Å². The Hall–Kier alpha value is -2.52. The molecule has 3 rings (SSSR count). The fourth-order valence-electron chi connectivity index (χ4n) is 2.56. The minimum absolute atomic E-state index is 0.123. The highest BCUT2D eigenvalue weighted by atomic mass is 19.1. The third-order valence-corrected chi connectivity index (χ3v) is 3.61. The highest BCUT2D eigenvalue weighted by molar-refractivity contribution is 5.85. The molecule has 3 aromatic carbocycles. The second kappa shape index (κ2) is 6.08. The predicted molar refractivity (Wildman–Crippen MR) is 83.2 cm³/mol. The molecule has 0 atom stereocenters. The summed E-state index contributed by atoms with van der Waals surface area (Å²) in [5.41, 5.74) is 4.10. The molecule has 0 bridgehead atoms. The quantitative estimate of drug-likeness (QED) is 0.736. The van der Waals surface area contributed by atoms with Gasteiger partial charge in [0.1, 0.15) is 11.6 Å². The van der Waals surface area contributed by atoms with Crippen LogP contribution in [0.2, 0.25) is 0 Å². The summed E-state index contributed by atoms with van der Waals surface area (Å²) in [5, 5.41) is 9.62. The molecule has 0 aliphatic heterocycles. The highest BCUT2D eigenvalue weighted by Gasteiger charge is 2.12. The summed E-state index contributed by atoms with van der Waals surface area (Å²) in [6, 6.07) is 17.9. The number of aliphatic hydroxyl groups is 1. The van der Waals surface area contributed by atoms with Gasteiger partial charge in [-0.25, -0.2) is 8.78 Å². The number of hydrogen-bond donors (Lipinski definition) is 1. The van der Waals surface area contributed by atoms with Crippen LogP contribution in [0.25, 0.3) is 22.3 Å². The lowest BCUT2D eigenvalue weighted by atomic mass is 9.91. The molecule has 3 heteroatoms. The third kappa shape index (κ3) is 2.76. The molecule has 0 aromatic heterocycles. The molecule has 0 spiro atoms. The molecule has 3 aromatic rings. The van der Waals surface area contributed by atoms with E-state index in [1.165, 1.54) is 24.3 Å². The first-order chi connectivity index (χ1) is 10.7. The number of rotatable bonds is 3. The third-order valence-electron chi connectivity index (χ3n) is 3.61. The van der Waals surface area contributed by atoms with Crippen molar-refractivity contribution in [2.24, 2.45) is 0 Å². The van der Waals surface area contributed by atoms with Gasteiger partial charge in [0.25, 0.3) is 0 Å². The van der Waals surface area contributed by atoms with Crippen LogP contribution in [0.3, 0.4) is 0 Å². The van der Waals surface area contributed by atoms with Crippen molar-refractivity contribution in [2.75, 3.05) is 0 Å². The molecule has 22 heavy (non-hydrogen) atoms. The Morgan fingerprint density at radius 3 is 1.77 bits per heavy atom. The SMILES string of the molecule is OCc1cccc(-c2ccc(F)cc2)c1-c1ccc(F)cc1. The fraction of sp³-hybridized carbons (Fsp3) is 0.0526. The minimum atomic E-state index is -0.312. The molecule has 0 saturated carbocycles. The standard InChI is InChI=1S/C19H14F2O/c20-16-8-4-13(5-9-16)18-3-1-2-15(12-22)19(18)14-6-10-17(21)11-7-14/h1-11,22H,12H2. The molecule has 0 unspecified atom stereocenters. The van der Waals surface area contributed by atoms with Crippen LogP contribution in [-0.2, 0) is 6.61 Å². The van der Waals surface area contributed by atoms with Crippen LogP contribution in [0.4, 0.5) is 8.78 Å². The average molecular weight is 296 g/mol. The lowest BCUT2D eigenvalue weighted by Gasteiger charge is -2.14. The monoisotopic (exact) mass is 296 g/mol. The Morgan fingerprint density at radius 1 is 0.682 bits per heavy atom. The first-order valence-electron chi connectivity index (χ1n) is 6.93. The topological polar surface area (TPSA) is 20.2 Å². The number of halogens is 2. The van der Waals surface area contributed by atoms with E-state index in [0.29, 0.717) is 0 Å². The van der Waals surface area contributed by atoms with Gasteiger partial charge in [0.15, 0.2) is 0 Å². The van der Waals surface area contributed by atoms with Crippen LogP contribution in [0.5, 0.6) is 0 Å². The van der Waals surface area contributed by atoms with Crippen molar-refractivity contribution in [2.45, 2.75) is 6.61 Å². The van der Waals surface area contributed by atoms with Crippen molar-refractivity contribution in [3.63, 3.8) is 0 Å². The maximum absolute atomic E-state index is 13.2. The normalized spacial score (nSPS) is 10.7. The zero-order chi connectivity index (χ0) is 15.5. The van der Waals surface area contributed by atoms with Crippen molar-refractivity contribution in [3.05, 3.63) is 83.9 Å². The van der Waals surface area contributed by atoms with E-state index >= 15 is 0 Å². The Morgan fingerprint density at radius 2 is 1.23 bits per heavy atom. The van der Waals surface area contributed by atoms with Gasteiger partial charge in [-0.3, -0.25) is 0 Å². The van der Waals surface area contributed by atoms with E-state index in [1.807, 2.05) is 18.2 Å². The highest BCUT2D eigenvalue weighted by Crippen LogP contribution is 2.35. The first kappa shape index (κ1) is 14.4. The number of aliphatic hydroxyl groups excluding tert-OH is 1. The van der Waals surface area contributed by atoms with Gasteiger partial charge in [0.05, 0.1) is 6.61 Å². The molecule has 0 saturated heterocycles. The molecule has 0 fully saturated rings. The van der Waals surface area contributed by atoms with Crippen LogP contribution < -0.4 is 0 Å². The van der Waals surface area contributed by atoms with Gasteiger partial charge >= 0.3 is 0 Å². The zero-order valence-electron chi connectivity index (χ0n) is 11.8. The number of benzene rings is 3. The van der Waals surface area contributed by atoms with E-state index in [9.17, 15) is 13.9 Å². The van der Waals surface area contributed by atoms with Gasteiger partial charge in [0.2, 0.25) is 0 Å². The molecule has 0 heterocycles. The summed E-state index contributed by atoms with van der Waals surface area (Å²) in [6.07, 6.45) is 0. The molecule has 1 nitrogen and oxygen atoms in total. The molecular weight excluding hydrogens is 282 g/mol. The van der Waals surface area contributed by atoms with Crippen LogP contribution in [0.15, 0.2) is 66.7 Å². The summed E-state index contributed by atoms with van der Waals surface area (Å²) in [4.78, 5) is 0. The van der Waals surface area contributed by atoms with Crippen molar-refractivity contribution in [1.82, 2.24) is 0 Å². The largest absolute Gasteiger partial charge is 0.392 e. The van der Waals surface area contributed by atoms with Crippen molar-refractivity contribution in [3.8, 4) is 22.3 Å². The molecular formula is C19H14F2O. The van der Waals surface area contributed by atoms with Crippen molar-refractivity contribution >= 4 is 0 Å². The van der Waals surface area contributed by atoms with E-state index in [-0.39, 0.29) is 18.2 Å². The van der Waals surface area contributed by atoms with E-state index in [1.54, 1.807) is 24.3 Å². The van der Waals surface area contributed by atoms with Crippen LogP contribution in [0, 0.1) is 11.6 Å². The first-order valence-corrected chi connectivity index (χ1v) is 6.93. The second-order valence-electron chi connectivity index (χ2n) is 5.01. The maximum atomic E-state index is 13.2. The van der Waals surface area contributed by atoms with Gasteiger partial charge in [-0.15, -0.1) is 0 Å². The van der Waals surface area contributed by atoms with Crippen LogP contribution in [0.1, 0.15) is 5.56 Å². The van der Waals surface area contributed by atoms with E-state index in [2.05, 4.69) is 0 Å². The fourth-order valence-corrected chi connectivity index (χ4v) is 2.56. The van der Waals surface area contributed by atoms with E-state index < -0.39 is 0 Å². The van der Waals surface area contributed by atoms with Gasteiger partial charge in [-0.1, -0.05) is 42.5 Å². The Bertz CT molecular complexity index is 778. The van der Waals surface area contributed by atoms with E-state index in [0.717, 1.165) is 27.8 Å². The van der Waals surface area contributed by atoms with Crippen LogP contribution >= 0.6 is 0 Å². The lowest BCUT2D eigenvalue weighted by Crippen LogP contribution is -1.93. The molecule has 0 aliphatic rings. The molecule has 0 amide bonds. The second-order valence-corrected chi connectivity index (χ2v) is 5.01. The van der Waals surface area contributed by atoms with Crippen LogP contribution in [-0.4, -0.2) is 5.11 Å². The molecule has 0 aliphatic carbocycles. The average Bonchev–Trinajstić information content (AvgIpc) is 2.56. The summed E-state index contributed by atoms with van der Waals surface area (Å²) in [5.74, 6) is -0.612. The molecule has 1 N–H and O–H groups in total. The van der Waals surface area contributed by atoms with Gasteiger partial charge in [-0.05, 0) is 52.1 Å². The minimum Gasteiger partial charge on any atom is -0.392 e. The summed E-state index contributed by atoms with van der Waals surface area (Å²) >= 11 is 0. The van der Waals surface area contributed by atoms with E-state index in [4.69, 9.17) is 0 Å². The summed E-state index contributed by atoms with van der Waals surface area (Å²) < 4.78 is 26.3. The Kier molecular flexibility index (Phi) is 3.98. The Balaban J connectivity index is 2.22. The smallest absolute Gasteiger partial charge is 0.123 e. The number of hydrogen-bond acceptors (Lipinski definition) is 1. The maximum Gasteiger partial charge on any atom is 0.123 e. The summed E-state index contributed by atoms with van der Waals surface area (Å²) in [6.45, 7) is -0.123. The molecule has 0 radical (unpaired) electrons. The predicted octanol–water partition coefficient (Wildman–Crippen LogP) is 4.79.